The van der Waals surface area contributed by atoms with Gasteiger partial charge in [0.15, 0.2) is 0 Å². The van der Waals surface area contributed by atoms with Crippen molar-refractivity contribution >= 4 is 33.1 Å². The summed E-state index contributed by atoms with van der Waals surface area (Å²) in [6, 6.07) is 8.52. The van der Waals surface area contributed by atoms with Crippen LogP contribution in [0.4, 0.5) is 5.82 Å². The second kappa shape index (κ2) is 4.97. The first-order valence-electron chi connectivity index (χ1n) is 5.07. The first kappa shape index (κ1) is 11.6. The lowest BCUT2D eigenvalue weighted by atomic mass is 10.2. The van der Waals surface area contributed by atoms with Crippen LogP contribution in [-0.2, 0) is 0 Å². The molecule has 0 amide bonds. The van der Waals surface area contributed by atoms with E-state index in [2.05, 4.69) is 57.3 Å². The molecule has 0 aliphatic rings. The largest absolute Gasteiger partial charge is 0.351 e. The normalized spacial score (nSPS) is 12.4. The summed E-state index contributed by atoms with van der Waals surface area (Å²) in [5.41, 5.74) is 0. The van der Waals surface area contributed by atoms with Crippen molar-refractivity contribution < 1.29 is 0 Å². The van der Waals surface area contributed by atoms with Crippen molar-refractivity contribution in [3.63, 3.8) is 0 Å². The molecule has 4 heteroatoms. The molecule has 0 radical (unpaired) electrons. The Morgan fingerprint density at radius 2 is 2.19 bits per heavy atom. The van der Waals surface area contributed by atoms with E-state index in [1.807, 2.05) is 18.3 Å². The van der Waals surface area contributed by atoms with Crippen LogP contribution in [0.2, 0.25) is 0 Å². The average Bonchev–Trinajstić information content (AvgIpc) is 2.81. The third-order valence-electron chi connectivity index (χ3n) is 2.61. The molecule has 2 rings (SSSR count). The number of hydrogen-bond acceptors (Lipinski definition) is 3. The van der Waals surface area contributed by atoms with Gasteiger partial charge in [-0.05, 0) is 46.4 Å². The number of pyridine rings is 1. The number of anilines is 1. The average molecular weight is 297 g/mol. The van der Waals surface area contributed by atoms with Gasteiger partial charge in [0.2, 0.25) is 0 Å². The van der Waals surface area contributed by atoms with Crippen molar-refractivity contribution in [2.24, 2.45) is 0 Å². The monoisotopic (exact) mass is 296 g/mol. The molecular formula is C12H13BrN2S. The third-order valence-corrected chi connectivity index (χ3v) is 4.27. The van der Waals surface area contributed by atoms with Crippen molar-refractivity contribution in [2.75, 3.05) is 11.9 Å². The Kier molecular flexibility index (Phi) is 3.61. The minimum absolute atomic E-state index is 0.339. The minimum atomic E-state index is 0.339. The van der Waals surface area contributed by atoms with E-state index < -0.39 is 0 Å². The molecule has 0 aromatic carbocycles. The fraction of sp³-hybridized carbons (Fsp3) is 0.250. The second-order valence-corrected chi connectivity index (χ2v) is 5.44. The van der Waals surface area contributed by atoms with E-state index in [4.69, 9.17) is 0 Å². The van der Waals surface area contributed by atoms with E-state index in [0.29, 0.717) is 6.04 Å². The van der Waals surface area contributed by atoms with Gasteiger partial charge in [-0.2, -0.15) is 0 Å². The standard InChI is InChI=1S/C12H13BrN2S/c1-9(11-6-4-8-16-11)15(2)12-10(13)5-3-7-14-12/h3-9H,1-2H3. The highest BCUT2D eigenvalue weighted by atomic mass is 79.9. The van der Waals surface area contributed by atoms with Crippen LogP contribution in [0.1, 0.15) is 17.8 Å². The zero-order chi connectivity index (χ0) is 11.5. The molecule has 1 atom stereocenters. The lowest BCUT2D eigenvalue weighted by molar-refractivity contribution is 0.740. The molecular weight excluding hydrogens is 284 g/mol. The molecule has 0 saturated heterocycles. The van der Waals surface area contributed by atoms with Crippen LogP contribution >= 0.6 is 27.3 Å². The third kappa shape index (κ3) is 2.28. The summed E-state index contributed by atoms with van der Waals surface area (Å²) in [7, 11) is 2.07. The van der Waals surface area contributed by atoms with Gasteiger partial charge in [-0.15, -0.1) is 11.3 Å². The van der Waals surface area contributed by atoms with Gasteiger partial charge < -0.3 is 4.90 Å². The molecule has 2 nitrogen and oxygen atoms in total. The van der Waals surface area contributed by atoms with Crippen molar-refractivity contribution in [2.45, 2.75) is 13.0 Å². The topological polar surface area (TPSA) is 16.1 Å². The number of hydrogen-bond donors (Lipinski definition) is 0. The zero-order valence-corrected chi connectivity index (χ0v) is 11.6. The predicted molar refractivity (Wildman–Crippen MR) is 73.1 cm³/mol. The molecule has 16 heavy (non-hydrogen) atoms. The molecule has 84 valence electrons. The highest BCUT2D eigenvalue weighted by molar-refractivity contribution is 9.10. The van der Waals surface area contributed by atoms with E-state index in [0.717, 1.165) is 10.3 Å². The smallest absolute Gasteiger partial charge is 0.143 e. The molecule has 0 aliphatic heterocycles. The minimum Gasteiger partial charge on any atom is -0.351 e. The Morgan fingerprint density at radius 3 is 2.81 bits per heavy atom. The maximum absolute atomic E-state index is 4.39. The van der Waals surface area contributed by atoms with Crippen molar-refractivity contribution in [3.8, 4) is 0 Å². The summed E-state index contributed by atoms with van der Waals surface area (Å²) in [4.78, 5) is 7.92. The van der Waals surface area contributed by atoms with E-state index >= 15 is 0 Å². The quantitative estimate of drug-likeness (QED) is 0.848. The molecule has 0 aliphatic carbocycles. The molecule has 2 aromatic heterocycles. The summed E-state index contributed by atoms with van der Waals surface area (Å²) in [5, 5.41) is 2.10. The number of rotatable bonds is 3. The van der Waals surface area contributed by atoms with Gasteiger partial charge in [-0.3, -0.25) is 0 Å². The van der Waals surface area contributed by atoms with Gasteiger partial charge in [0.05, 0.1) is 10.5 Å². The number of thiophene rings is 1. The molecule has 0 saturated carbocycles. The molecule has 0 N–H and O–H groups in total. The molecule has 0 fully saturated rings. The van der Waals surface area contributed by atoms with Gasteiger partial charge in [0, 0.05) is 18.1 Å². The van der Waals surface area contributed by atoms with E-state index in [1.54, 1.807) is 11.3 Å². The second-order valence-electron chi connectivity index (χ2n) is 3.61. The van der Waals surface area contributed by atoms with Gasteiger partial charge in [0.1, 0.15) is 5.82 Å². The van der Waals surface area contributed by atoms with Crippen LogP contribution in [0.15, 0.2) is 40.3 Å². The Labute approximate surface area is 108 Å². The SMILES string of the molecule is CC(c1cccs1)N(C)c1ncccc1Br. The summed E-state index contributed by atoms with van der Waals surface area (Å²) in [5.74, 6) is 0.975. The van der Waals surface area contributed by atoms with E-state index in [1.165, 1.54) is 4.88 Å². The maximum Gasteiger partial charge on any atom is 0.143 e. The van der Waals surface area contributed by atoms with Crippen LogP contribution < -0.4 is 4.90 Å². The van der Waals surface area contributed by atoms with Crippen LogP contribution in [0, 0.1) is 0 Å². The van der Waals surface area contributed by atoms with Crippen LogP contribution in [0.25, 0.3) is 0 Å². The molecule has 2 heterocycles. The van der Waals surface area contributed by atoms with Crippen LogP contribution in [-0.4, -0.2) is 12.0 Å². The number of nitrogens with zero attached hydrogens (tertiary/aromatic N) is 2. The lowest BCUT2D eigenvalue weighted by Gasteiger charge is -2.25. The Balaban J connectivity index is 2.26. The molecule has 2 aromatic rings. The van der Waals surface area contributed by atoms with Gasteiger partial charge >= 0.3 is 0 Å². The Morgan fingerprint density at radius 1 is 1.38 bits per heavy atom. The van der Waals surface area contributed by atoms with Crippen molar-refractivity contribution in [1.82, 2.24) is 4.98 Å². The highest BCUT2D eigenvalue weighted by Crippen LogP contribution is 2.30. The first-order chi connectivity index (χ1) is 7.70. The zero-order valence-electron chi connectivity index (χ0n) is 9.22. The van der Waals surface area contributed by atoms with Crippen LogP contribution in [0.5, 0.6) is 0 Å². The number of aromatic nitrogens is 1. The summed E-state index contributed by atoms with van der Waals surface area (Å²) in [6.07, 6.45) is 1.82. The summed E-state index contributed by atoms with van der Waals surface area (Å²) in [6.45, 7) is 2.19. The Hall–Kier alpha value is -0.870. The molecule has 1 unspecified atom stereocenters. The molecule has 0 bridgehead atoms. The maximum atomic E-state index is 4.39. The summed E-state index contributed by atoms with van der Waals surface area (Å²) < 4.78 is 1.03. The number of halogens is 1. The lowest BCUT2D eigenvalue weighted by Crippen LogP contribution is -2.22. The first-order valence-corrected chi connectivity index (χ1v) is 6.74. The fourth-order valence-electron chi connectivity index (χ4n) is 1.54. The van der Waals surface area contributed by atoms with Crippen molar-refractivity contribution in [3.05, 3.63) is 45.2 Å². The highest BCUT2D eigenvalue weighted by Gasteiger charge is 2.15. The van der Waals surface area contributed by atoms with E-state index in [-0.39, 0.29) is 0 Å². The van der Waals surface area contributed by atoms with Gasteiger partial charge in [-0.1, -0.05) is 6.07 Å². The fourth-order valence-corrected chi connectivity index (χ4v) is 2.90. The van der Waals surface area contributed by atoms with Crippen molar-refractivity contribution in [1.29, 1.82) is 0 Å². The van der Waals surface area contributed by atoms with Gasteiger partial charge in [0.25, 0.3) is 0 Å². The van der Waals surface area contributed by atoms with Crippen LogP contribution in [0.3, 0.4) is 0 Å². The molecule has 0 spiro atoms. The van der Waals surface area contributed by atoms with Gasteiger partial charge in [-0.25, -0.2) is 4.98 Å². The predicted octanol–water partition coefficient (Wildman–Crippen LogP) is 4.10. The Bertz CT molecular complexity index is 456. The van der Waals surface area contributed by atoms with E-state index in [9.17, 15) is 0 Å². The summed E-state index contributed by atoms with van der Waals surface area (Å²) >= 11 is 5.30.